The van der Waals surface area contributed by atoms with Gasteiger partial charge in [-0.3, -0.25) is 4.79 Å². The highest BCUT2D eigenvalue weighted by Crippen LogP contribution is 2.33. The molecule has 1 aromatic carbocycles. The Morgan fingerprint density at radius 1 is 1.17 bits per heavy atom. The molecule has 1 amide bonds. The Kier molecular flexibility index (Phi) is 7.75. The van der Waals surface area contributed by atoms with Gasteiger partial charge in [0.15, 0.2) is 11.5 Å². The Labute approximate surface area is 176 Å². The first-order valence-corrected chi connectivity index (χ1v) is 10.2. The predicted octanol–water partition coefficient (Wildman–Crippen LogP) is 2.50. The van der Waals surface area contributed by atoms with Gasteiger partial charge in [0, 0.05) is 19.5 Å². The number of hydrogen-bond acceptors (Lipinski definition) is 8. The molecule has 3 rings (SSSR count). The van der Waals surface area contributed by atoms with E-state index in [0.717, 1.165) is 11.3 Å². The van der Waals surface area contributed by atoms with Gasteiger partial charge in [-0.2, -0.15) is 0 Å². The van der Waals surface area contributed by atoms with Crippen LogP contribution in [0, 0.1) is 0 Å². The standard InChI is InChI=1S/C21H29NO8/c1-4-22(14(2)9-16-5-6-18-19(10-16)28-13-27-18)21(24)30-15(3)29-20(23)7-8-26-17-11-25-12-17/h5-6,10,14-15,17H,4,7-9,11-13H2,1-3H3. The maximum absolute atomic E-state index is 12.6. The van der Waals surface area contributed by atoms with Crippen LogP contribution in [-0.4, -0.2) is 68.6 Å². The van der Waals surface area contributed by atoms with Crippen molar-refractivity contribution >= 4 is 12.1 Å². The van der Waals surface area contributed by atoms with Crippen molar-refractivity contribution in [2.75, 3.05) is 33.2 Å². The third kappa shape index (κ3) is 5.99. The second kappa shape index (κ2) is 10.5. The number of ether oxygens (including phenoxy) is 6. The summed E-state index contributed by atoms with van der Waals surface area (Å²) in [5, 5.41) is 0. The minimum atomic E-state index is -0.983. The number of benzene rings is 1. The van der Waals surface area contributed by atoms with Crippen molar-refractivity contribution in [1.82, 2.24) is 4.90 Å². The minimum absolute atomic E-state index is 0.0532. The fourth-order valence-corrected chi connectivity index (χ4v) is 3.24. The smallest absolute Gasteiger partial charge is 0.413 e. The molecule has 2 unspecified atom stereocenters. The van der Waals surface area contributed by atoms with E-state index < -0.39 is 18.4 Å². The lowest BCUT2D eigenvalue weighted by molar-refractivity contribution is -0.171. The van der Waals surface area contributed by atoms with Gasteiger partial charge in [0.2, 0.25) is 13.1 Å². The Bertz CT molecular complexity index is 736. The lowest BCUT2D eigenvalue weighted by Crippen LogP contribution is -2.41. The van der Waals surface area contributed by atoms with E-state index in [0.29, 0.717) is 31.9 Å². The molecule has 0 N–H and O–H groups in total. The summed E-state index contributed by atoms with van der Waals surface area (Å²) < 4.78 is 31.6. The first-order chi connectivity index (χ1) is 14.5. The number of nitrogens with zero attached hydrogens (tertiary/aromatic N) is 1. The quantitative estimate of drug-likeness (QED) is 0.419. The van der Waals surface area contributed by atoms with E-state index in [1.165, 1.54) is 6.92 Å². The Morgan fingerprint density at radius 3 is 2.63 bits per heavy atom. The molecule has 2 aliphatic heterocycles. The number of fused-ring (bicyclic) bond motifs is 1. The van der Waals surface area contributed by atoms with Gasteiger partial charge in [-0.1, -0.05) is 6.07 Å². The summed E-state index contributed by atoms with van der Waals surface area (Å²) in [5.74, 6) is 0.951. The third-order valence-corrected chi connectivity index (χ3v) is 4.91. The van der Waals surface area contributed by atoms with E-state index in [-0.39, 0.29) is 32.0 Å². The SMILES string of the molecule is CCN(C(=O)OC(C)OC(=O)CCOC1COC1)C(C)Cc1ccc2c(c1)OCO2. The third-order valence-electron chi connectivity index (χ3n) is 4.91. The molecular formula is C21H29NO8. The summed E-state index contributed by atoms with van der Waals surface area (Å²) in [6.07, 6.45) is -0.748. The van der Waals surface area contributed by atoms with Crippen LogP contribution in [0.1, 0.15) is 32.8 Å². The van der Waals surface area contributed by atoms with Crippen LogP contribution in [0.3, 0.4) is 0 Å². The summed E-state index contributed by atoms with van der Waals surface area (Å²) >= 11 is 0. The van der Waals surface area contributed by atoms with Gasteiger partial charge in [-0.15, -0.1) is 0 Å². The first kappa shape index (κ1) is 22.2. The van der Waals surface area contributed by atoms with E-state index in [2.05, 4.69) is 0 Å². The van der Waals surface area contributed by atoms with Crippen molar-refractivity contribution in [2.24, 2.45) is 0 Å². The van der Waals surface area contributed by atoms with E-state index in [9.17, 15) is 9.59 Å². The normalized spacial score (nSPS) is 17.0. The number of esters is 1. The Hall–Kier alpha value is -2.52. The van der Waals surface area contributed by atoms with Crippen LogP contribution in [0.4, 0.5) is 4.79 Å². The summed E-state index contributed by atoms with van der Waals surface area (Å²) in [6, 6.07) is 5.61. The van der Waals surface area contributed by atoms with Gasteiger partial charge >= 0.3 is 12.1 Å². The summed E-state index contributed by atoms with van der Waals surface area (Å²) in [7, 11) is 0. The number of likely N-dealkylation sites (N-methyl/N-ethyl adjacent to an activating group) is 1. The molecule has 0 radical (unpaired) electrons. The monoisotopic (exact) mass is 423 g/mol. The Morgan fingerprint density at radius 2 is 1.93 bits per heavy atom. The number of amides is 1. The van der Waals surface area contributed by atoms with Crippen LogP contribution in [-0.2, 0) is 30.2 Å². The van der Waals surface area contributed by atoms with Crippen molar-refractivity contribution in [3.05, 3.63) is 23.8 Å². The molecule has 2 heterocycles. The topological polar surface area (TPSA) is 92.8 Å². The summed E-state index contributed by atoms with van der Waals surface area (Å²) in [6.45, 7) is 7.37. The first-order valence-electron chi connectivity index (χ1n) is 10.2. The lowest BCUT2D eigenvalue weighted by Gasteiger charge is -2.28. The van der Waals surface area contributed by atoms with Crippen molar-refractivity contribution < 1.29 is 38.0 Å². The van der Waals surface area contributed by atoms with Crippen LogP contribution < -0.4 is 9.47 Å². The largest absolute Gasteiger partial charge is 0.454 e. The van der Waals surface area contributed by atoms with Gasteiger partial charge in [0.1, 0.15) is 6.10 Å². The van der Waals surface area contributed by atoms with E-state index >= 15 is 0 Å². The van der Waals surface area contributed by atoms with Crippen LogP contribution in [0.25, 0.3) is 0 Å². The molecule has 1 fully saturated rings. The van der Waals surface area contributed by atoms with E-state index in [4.69, 9.17) is 28.4 Å². The van der Waals surface area contributed by atoms with E-state index in [1.54, 1.807) is 4.90 Å². The zero-order valence-corrected chi connectivity index (χ0v) is 17.6. The van der Waals surface area contributed by atoms with Crippen molar-refractivity contribution in [3.8, 4) is 11.5 Å². The van der Waals surface area contributed by atoms with Gasteiger partial charge in [-0.25, -0.2) is 4.79 Å². The maximum atomic E-state index is 12.6. The highest BCUT2D eigenvalue weighted by atomic mass is 16.7. The van der Waals surface area contributed by atoms with Crippen molar-refractivity contribution in [3.63, 3.8) is 0 Å². The van der Waals surface area contributed by atoms with E-state index in [1.807, 2.05) is 32.0 Å². The molecular weight excluding hydrogens is 394 g/mol. The van der Waals surface area contributed by atoms with Gasteiger partial charge in [0.05, 0.1) is 26.2 Å². The van der Waals surface area contributed by atoms with Gasteiger partial charge < -0.3 is 33.3 Å². The van der Waals surface area contributed by atoms with Crippen LogP contribution >= 0.6 is 0 Å². The molecule has 1 saturated heterocycles. The minimum Gasteiger partial charge on any atom is -0.454 e. The maximum Gasteiger partial charge on any atom is 0.413 e. The summed E-state index contributed by atoms with van der Waals surface area (Å²) in [4.78, 5) is 26.0. The van der Waals surface area contributed by atoms with Gasteiger partial charge in [-0.05, 0) is 38.0 Å². The highest BCUT2D eigenvalue weighted by Gasteiger charge is 2.25. The Balaban J connectivity index is 1.42. The van der Waals surface area contributed by atoms with Crippen molar-refractivity contribution in [2.45, 2.75) is 52.0 Å². The zero-order valence-electron chi connectivity index (χ0n) is 17.6. The molecule has 0 spiro atoms. The van der Waals surface area contributed by atoms with Crippen LogP contribution in [0.5, 0.6) is 11.5 Å². The molecule has 0 aliphatic carbocycles. The molecule has 0 saturated carbocycles. The molecule has 0 aromatic heterocycles. The van der Waals surface area contributed by atoms with Crippen molar-refractivity contribution in [1.29, 1.82) is 0 Å². The predicted molar refractivity (Wildman–Crippen MR) is 105 cm³/mol. The number of rotatable bonds is 10. The van der Waals surface area contributed by atoms with Gasteiger partial charge in [0.25, 0.3) is 0 Å². The number of carbonyl (C=O) groups excluding carboxylic acids is 2. The summed E-state index contributed by atoms with van der Waals surface area (Å²) in [5.41, 5.74) is 1.02. The second-order valence-corrected chi connectivity index (χ2v) is 7.25. The fraction of sp³-hybridized carbons (Fsp3) is 0.619. The average Bonchev–Trinajstić information content (AvgIpc) is 3.11. The van der Waals surface area contributed by atoms with Crippen LogP contribution in [0.2, 0.25) is 0 Å². The lowest BCUT2D eigenvalue weighted by atomic mass is 10.1. The average molecular weight is 423 g/mol. The highest BCUT2D eigenvalue weighted by molar-refractivity contribution is 5.71. The van der Waals surface area contributed by atoms with Crippen LogP contribution in [0.15, 0.2) is 18.2 Å². The molecule has 30 heavy (non-hydrogen) atoms. The molecule has 166 valence electrons. The number of carbonyl (C=O) groups is 2. The molecule has 2 atom stereocenters. The molecule has 2 aliphatic rings. The number of hydrogen-bond donors (Lipinski definition) is 0. The second-order valence-electron chi connectivity index (χ2n) is 7.25. The molecule has 0 bridgehead atoms. The fourth-order valence-electron chi connectivity index (χ4n) is 3.24. The molecule has 1 aromatic rings. The molecule has 9 nitrogen and oxygen atoms in total. The zero-order chi connectivity index (χ0) is 21.5. The molecule has 9 heteroatoms.